The van der Waals surface area contributed by atoms with Crippen LogP contribution < -0.4 is 16.0 Å². The Labute approximate surface area is 207 Å². The highest BCUT2D eigenvalue weighted by Gasteiger charge is 2.24. The van der Waals surface area contributed by atoms with E-state index in [1.807, 2.05) is 39.4 Å². The van der Waals surface area contributed by atoms with Gasteiger partial charge in [0.05, 0.1) is 40.6 Å². The molecule has 10 nitrogen and oxygen atoms in total. The highest BCUT2D eigenvalue weighted by molar-refractivity contribution is 7.21. The van der Waals surface area contributed by atoms with Crippen LogP contribution in [0.2, 0.25) is 0 Å². The minimum absolute atomic E-state index is 0.0570. The fourth-order valence-corrected chi connectivity index (χ4v) is 5.69. The number of carbonyl (C=O) groups is 2. The van der Waals surface area contributed by atoms with Crippen LogP contribution in [0.3, 0.4) is 0 Å². The van der Waals surface area contributed by atoms with E-state index in [9.17, 15) is 9.59 Å². The number of aromatic nitrogens is 4. The summed E-state index contributed by atoms with van der Waals surface area (Å²) in [7, 11) is 1.89. The zero-order valence-corrected chi connectivity index (χ0v) is 21.1. The molecule has 0 aromatic carbocycles. The average Bonchev–Trinajstić information content (AvgIpc) is 3.55. The van der Waals surface area contributed by atoms with Gasteiger partial charge in [0, 0.05) is 42.9 Å². The molecule has 1 fully saturated rings. The van der Waals surface area contributed by atoms with E-state index in [1.54, 1.807) is 21.6 Å². The van der Waals surface area contributed by atoms with Crippen LogP contribution in [0.4, 0.5) is 0 Å². The number of nitrogens with one attached hydrogen (secondary N) is 3. The number of thiazole rings is 1. The Morgan fingerprint density at radius 2 is 2.09 bits per heavy atom. The lowest BCUT2D eigenvalue weighted by atomic mass is 10.1. The van der Waals surface area contributed by atoms with Crippen molar-refractivity contribution in [3.05, 3.63) is 53.5 Å². The van der Waals surface area contributed by atoms with Crippen molar-refractivity contribution in [2.75, 3.05) is 13.1 Å². The Morgan fingerprint density at radius 3 is 2.80 bits per heavy atom. The average molecular weight is 495 g/mol. The summed E-state index contributed by atoms with van der Waals surface area (Å²) in [5.41, 5.74) is 3.76. The van der Waals surface area contributed by atoms with E-state index in [0.29, 0.717) is 29.5 Å². The van der Waals surface area contributed by atoms with Gasteiger partial charge in [0.1, 0.15) is 4.83 Å². The van der Waals surface area contributed by atoms with E-state index in [2.05, 4.69) is 38.0 Å². The summed E-state index contributed by atoms with van der Waals surface area (Å²) in [6.45, 7) is 7.39. The van der Waals surface area contributed by atoms with Gasteiger partial charge in [-0.1, -0.05) is 0 Å². The molecule has 184 valence electrons. The number of fused-ring (bicyclic) bond motifs is 1. The molecule has 1 saturated heterocycles. The molecule has 11 heteroatoms. The first-order valence-corrected chi connectivity index (χ1v) is 12.6. The lowest BCUT2D eigenvalue weighted by molar-refractivity contribution is -0.121. The maximum Gasteiger partial charge on any atom is 0.260 e. The lowest BCUT2D eigenvalue weighted by Gasteiger charge is -2.24. The van der Waals surface area contributed by atoms with E-state index in [-0.39, 0.29) is 17.9 Å². The SMILES string of the molecule is Cc1nn(C)cc1-c1cn2ncc(C(=O)NC3=CC(NC(=O)CN4CCCC4C)=CNC3C)c2s1. The molecular weight excluding hydrogens is 464 g/mol. The van der Waals surface area contributed by atoms with Crippen molar-refractivity contribution in [3.8, 4) is 10.4 Å². The van der Waals surface area contributed by atoms with E-state index < -0.39 is 0 Å². The van der Waals surface area contributed by atoms with Gasteiger partial charge in [-0.2, -0.15) is 10.2 Å². The number of aryl methyl sites for hydroxylation is 2. The monoisotopic (exact) mass is 494 g/mol. The quantitative estimate of drug-likeness (QED) is 0.485. The van der Waals surface area contributed by atoms with Gasteiger partial charge in [-0.25, -0.2) is 4.52 Å². The fraction of sp³-hybridized carbons (Fsp3) is 0.417. The van der Waals surface area contributed by atoms with Gasteiger partial charge in [-0.05, 0) is 46.2 Å². The molecule has 35 heavy (non-hydrogen) atoms. The van der Waals surface area contributed by atoms with Crippen LogP contribution in [0, 0.1) is 6.92 Å². The summed E-state index contributed by atoms with van der Waals surface area (Å²) in [4.78, 5) is 29.7. The summed E-state index contributed by atoms with van der Waals surface area (Å²) in [6, 6.07) is 0.318. The number of dihydropyridines is 1. The molecule has 5 heterocycles. The predicted octanol–water partition coefficient (Wildman–Crippen LogP) is 2.15. The van der Waals surface area contributed by atoms with Gasteiger partial charge in [0.15, 0.2) is 0 Å². The molecule has 2 unspecified atom stereocenters. The van der Waals surface area contributed by atoms with Crippen molar-refractivity contribution in [1.82, 2.24) is 40.2 Å². The Balaban J connectivity index is 1.29. The lowest BCUT2D eigenvalue weighted by Crippen LogP contribution is -2.41. The van der Waals surface area contributed by atoms with Gasteiger partial charge in [0.25, 0.3) is 5.91 Å². The van der Waals surface area contributed by atoms with Crippen LogP contribution in [-0.4, -0.2) is 61.3 Å². The highest BCUT2D eigenvalue weighted by atomic mass is 32.1. The number of hydrogen-bond donors (Lipinski definition) is 3. The topological polar surface area (TPSA) is 109 Å². The summed E-state index contributed by atoms with van der Waals surface area (Å²) in [5, 5.41) is 17.9. The van der Waals surface area contributed by atoms with Crippen LogP contribution in [0.1, 0.15) is 42.7 Å². The maximum absolute atomic E-state index is 13.2. The molecule has 0 radical (unpaired) electrons. The van der Waals surface area contributed by atoms with E-state index in [1.165, 1.54) is 11.3 Å². The van der Waals surface area contributed by atoms with Crippen molar-refractivity contribution in [2.45, 2.75) is 45.7 Å². The summed E-state index contributed by atoms with van der Waals surface area (Å²) < 4.78 is 3.50. The minimum atomic E-state index is -0.241. The third-order valence-electron chi connectivity index (χ3n) is 6.56. The molecule has 5 rings (SSSR count). The van der Waals surface area contributed by atoms with Gasteiger partial charge in [-0.3, -0.25) is 19.2 Å². The van der Waals surface area contributed by atoms with Crippen LogP contribution in [0.15, 0.2) is 42.3 Å². The number of amides is 2. The number of rotatable bonds is 6. The van der Waals surface area contributed by atoms with Gasteiger partial charge in [0.2, 0.25) is 5.91 Å². The number of allylic oxidation sites excluding steroid dienone is 1. The second kappa shape index (κ2) is 9.31. The van der Waals surface area contributed by atoms with Crippen molar-refractivity contribution < 1.29 is 9.59 Å². The van der Waals surface area contributed by atoms with Gasteiger partial charge >= 0.3 is 0 Å². The first-order valence-electron chi connectivity index (χ1n) is 11.8. The first-order chi connectivity index (χ1) is 16.8. The third-order valence-corrected chi connectivity index (χ3v) is 7.71. The Bertz CT molecular complexity index is 1350. The highest BCUT2D eigenvalue weighted by Crippen LogP contribution is 2.32. The molecule has 0 spiro atoms. The Kier molecular flexibility index (Phi) is 6.20. The Morgan fingerprint density at radius 1 is 1.26 bits per heavy atom. The normalized spacial score (nSPS) is 20.5. The molecular formula is C24H30N8O2S. The van der Waals surface area contributed by atoms with Crippen LogP contribution in [-0.2, 0) is 11.8 Å². The zero-order chi connectivity index (χ0) is 24.7. The van der Waals surface area contributed by atoms with Crippen molar-refractivity contribution in [1.29, 1.82) is 0 Å². The largest absolute Gasteiger partial charge is 0.381 e. The van der Waals surface area contributed by atoms with Crippen LogP contribution in [0.5, 0.6) is 0 Å². The third kappa shape index (κ3) is 4.73. The molecule has 0 aliphatic carbocycles. The van der Waals surface area contributed by atoms with Crippen molar-refractivity contribution >= 4 is 28.0 Å². The van der Waals surface area contributed by atoms with Crippen molar-refractivity contribution in [3.63, 3.8) is 0 Å². The molecule has 3 N–H and O–H groups in total. The molecule has 2 aliphatic rings. The standard InChI is InChI=1S/C24H30N8O2S/c1-14-6-5-7-31(14)13-22(33)27-17-8-20(16(3)25-9-17)28-23(34)18-10-26-32-12-21(35-24(18)32)19-11-30(4)29-15(19)2/h8-12,14,16,25H,5-7,13H2,1-4H3,(H,27,33)(H,28,34). The number of carbonyl (C=O) groups excluding carboxylic acids is 2. The minimum Gasteiger partial charge on any atom is -0.381 e. The molecule has 2 aliphatic heterocycles. The number of likely N-dealkylation sites (tertiary alicyclic amines) is 1. The number of hydrogen-bond acceptors (Lipinski definition) is 7. The van der Waals surface area contributed by atoms with Crippen LogP contribution >= 0.6 is 11.3 Å². The smallest absolute Gasteiger partial charge is 0.260 e. The predicted molar refractivity (Wildman–Crippen MR) is 135 cm³/mol. The first kappa shape index (κ1) is 23.3. The van der Waals surface area contributed by atoms with E-state index >= 15 is 0 Å². The Hall–Kier alpha value is -3.44. The van der Waals surface area contributed by atoms with Crippen molar-refractivity contribution in [2.24, 2.45) is 7.05 Å². The molecule has 0 saturated carbocycles. The summed E-state index contributed by atoms with van der Waals surface area (Å²) >= 11 is 1.50. The second-order valence-electron chi connectivity index (χ2n) is 9.26. The zero-order valence-electron chi connectivity index (χ0n) is 20.3. The van der Waals surface area contributed by atoms with Gasteiger partial charge in [-0.15, -0.1) is 11.3 Å². The van der Waals surface area contributed by atoms with E-state index in [4.69, 9.17) is 0 Å². The summed E-state index contributed by atoms with van der Waals surface area (Å²) in [6.07, 6.45) is 11.3. The molecule has 2 atom stereocenters. The van der Waals surface area contributed by atoms with Gasteiger partial charge < -0.3 is 16.0 Å². The molecule has 3 aromatic rings. The molecule has 2 amide bonds. The summed E-state index contributed by atoms with van der Waals surface area (Å²) in [5.74, 6) is -0.298. The molecule has 3 aromatic heterocycles. The van der Waals surface area contributed by atoms with Crippen LogP contribution in [0.25, 0.3) is 15.3 Å². The maximum atomic E-state index is 13.2. The molecule has 0 bridgehead atoms. The second-order valence-corrected chi connectivity index (χ2v) is 10.3. The fourth-order valence-electron chi connectivity index (χ4n) is 4.57. The number of nitrogens with zero attached hydrogens (tertiary/aromatic N) is 5. The van der Waals surface area contributed by atoms with E-state index in [0.717, 1.165) is 40.4 Å².